The van der Waals surface area contributed by atoms with Crippen LogP contribution < -0.4 is 5.32 Å². The molecule has 20 heavy (non-hydrogen) atoms. The van der Waals surface area contributed by atoms with Gasteiger partial charge in [0.1, 0.15) is 0 Å². The summed E-state index contributed by atoms with van der Waals surface area (Å²) in [6, 6.07) is 0. The molecule has 1 aliphatic carbocycles. The van der Waals surface area contributed by atoms with Crippen molar-refractivity contribution < 1.29 is 0 Å². The van der Waals surface area contributed by atoms with Gasteiger partial charge in [-0.25, -0.2) is 4.98 Å². The first kappa shape index (κ1) is 15.7. The topological polar surface area (TPSA) is 24.9 Å². The van der Waals surface area contributed by atoms with E-state index in [2.05, 4.69) is 37.5 Å². The lowest BCUT2D eigenvalue weighted by molar-refractivity contribution is 0.398. The molecule has 2 rings (SSSR count). The molecule has 0 aromatic carbocycles. The maximum Gasteiger partial charge on any atom is 0.0985 e. The highest BCUT2D eigenvalue weighted by Crippen LogP contribution is 2.31. The van der Waals surface area contributed by atoms with Crippen molar-refractivity contribution >= 4 is 17.4 Å². The third-order valence-electron chi connectivity index (χ3n) is 4.01. The van der Waals surface area contributed by atoms with E-state index >= 15 is 0 Å². The molecule has 112 valence electrons. The number of aromatic nitrogens is 1. The van der Waals surface area contributed by atoms with Crippen molar-refractivity contribution in [3.63, 3.8) is 0 Å². The Kier molecular flexibility index (Phi) is 5.39. The van der Waals surface area contributed by atoms with Crippen molar-refractivity contribution in [2.75, 3.05) is 13.6 Å². The molecule has 1 heterocycles. The van der Waals surface area contributed by atoms with Crippen LogP contribution >= 0.6 is 11.3 Å². The molecule has 3 heteroatoms. The second-order valence-corrected chi connectivity index (χ2v) is 7.77. The monoisotopic (exact) mass is 292 g/mol. The predicted molar refractivity (Wildman–Crippen MR) is 89.3 cm³/mol. The van der Waals surface area contributed by atoms with E-state index in [1.165, 1.54) is 42.7 Å². The molecular formula is C17H28N2S. The Morgan fingerprint density at radius 2 is 2.05 bits per heavy atom. The Morgan fingerprint density at radius 1 is 1.35 bits per heavy atom. The first-order valence-electron chi connectivity index (χ1n) is 7.82. The Balaban J connectivity index is 2.17. The van der Waals surface area contributed by atoms with Gasteiger partial charge in [0, 0.05) is 17.3 Å². The normalized spacial score (nSPS) is 18.5. The van der Waals surface area contributed by atoms with Crippen LogP contribution in [0.5, 0.6) is 0 Å². The molecule has 0 amide bonds. The van der Waals surface area contributed by atoms with Crippen molar-refractivity contribution in [1.29, 1.82) is 0 Å². The summed E-state index contributed by atoms with van der Waals surface area (Å²) in [5.41, 5.74) is 2.85. The molecule has 1 aromatic heterocycles. The van der Waals surface area contributed by atoms with Gasteiger partial charge in [0.15, 0.2) is 0 Å². The van der Waals surface area contributed by atoms with Gasteiger partial charge in [-0.2, -0.15) is 0 Å². The molecule has 1 aliphatic rings. The van der Waals surface area contributed by atoms with E-state index in [1.54, 1.807) is 11.3 Å². The highest BCUT2D eigenvalue weighted by atomic mass is 32.1. The number of thiazole rings is 1. The van der Waals surface area contributed by atoms with E-state index in [9.17, 15) is 0 Å². The van der Waals surface area contributed by atoms with Gasteiger partial charge in [-0.15, -0.1) is 11.3 Å². The lowest BCUT2D eigenvalue weighted by Gasteiger charge is -2.24. The van der Waals surface area contributed by atoms with Crippen molar-refractivity contribution in [2.24, 2.45) is 5.92 Å². The Hall–Kier alpha value is -0.670. The lowest BCUT2D eigenvalue weighted by Crippen LogP contribution is -2.19. The fourth-order valence-corrected chi connectivity index (χ4v) is 3.74. The van der Waals surface area contributed by atoms with Crippen LogP contribution in [0.1, 0.15) is 63.6 Å². The molecule has 0 spiro atoms. The zero-order valence-electron chi connectivity index (χ0n) is 13.3. The molecule has 0 saturated heterocycles. The maximum absolute atomic E-state index is 4.81. The zero-order valence-corrected chi connectivity index (χ0v) is 14.1. The molecule has 0 bridgehead atoms. The molecule has 1 aromatic rings. The zero-order chi connectivity index (χ0) is 14.6. The average molecular weight is 292 g/mol. The van der Waals surface area contributed by atoms with Crippen LogP contribution in [0.15, 0.2) is 11.0 Å². The van der Waals surface area contributed by atoms with Crippen LogP contribution in [0, 0.1) is 5.92 Å². The molecule has 2 nitrogen and oxygen atoms in total. The molecule has 0 radical (unpaired) electrons. The second-order valence-electron chi connectivity index (χ2n) is 6.91. The van der Waals surface area contributed by atoms with Gasteiger partial charge in [-0.05, 0) is 31.9 Å². The van der Waals surface area contributed by atoms with Gasteiger partial charge in [0.2, 0.25) is 0 Å². The van der Waals surface area contributed by atoms with Gasteiger partial charge in [0.25, 0.3) is 0 Å². The number of rotatable bonds is 4. The van der Waals surface area contributed by atoms with Gasteiger partial charge in [-0.1, -0.05) is 45.6 Å². The fraction of sp³-hybridized carbons (Fsp3) is 0.706. The molecule has 1 N–H and O–H groups in total. The molecule has 0 atom stereocenters. The van der Waals surface area contributed by atoms with E-state index in [0.717, 1.165) is 18.2 Å². The smallest absolute Gasteiger partial charge is 0.0985 e. The Labute approximate surface area is 127 Å². The first-order valence-corrected chi connectivity index (χ1v) is 8.69. The number of hydrogen-bond donors (Lipinski definition) is 1. The minimum atomic E-state index is 0.158. The average Bonchev–Trinajstić information content (AvgIpc) is 2.88. The van der Waals surface area contributed by atoms with Crippen LogP contribution in [-0.2, 0) is 5.41 Å². The van der Waals surface area contributed by atoms with Crippen LogP contribution in [0.3, 0.4) is 0 Å². The van der Waals surface area contributed by atoms with Crippen molar-refractivity contribution in [2.45, 2.75) is 58.3 Å². The number of hydrogen-bond acceptors (Lipinski definition) is 3. The number of likely N-dealkylation sites (N-methyl/N-ethyl adjacent to an activating group) is 1. The summed E-state index contributed by atoms with van der Waals surface area (Å²) in [6.45, 7) is 7.69. The summed E-state index contributed by atoms with van der Waals surface area (Å²) in [5, 5.41) is 6.77. The van der Waals surface area contributed by atoms with E-state index in [4.69, 9.17) is 4.98 Å². The summed E-state index contributed by atoms with van der Waals surface area (Å²) >= 11 is 1.79. The summed E-state index contributed by atoms with van der Waals surface area (Å²) < 4.78 is 0. The molecule has 0 aliphatic heterocycles. The molecule has 0 unspecified atom stereocenters. The highest BCUT2D eigenvalue weighted by molar-refractivity contribution is 7.09. The third-order valence-corrected chi connectivity index (χ3v) is 5.29. The SMILES string of the molecule is CNCC(=Cc1csc(C(C)(C)C)n1)C1CCCCC1. The van der Waals surface area contributed by atoms with Gasteiger partial charge in [0.05, 0.1) is 10.7 Å². The largest absolute Gasteiger partial charge is 0.316 e. The fourth-order valence-electron chi connectivity index (χ4n) is 2.88. The molecule has 1 saturated carbocycles. The van der Waals surface area contributed by atoms with Gasteiger partial charge >= 0.3 is 0 Å². The van der Waals surface area contributed by atoms with Crippen LogP contribution in [0.4, 0.5) is 0 Å². The van der Waals surface area contributed by atoms with Gasteiger partial charge < -0.3 is 5.32 Å². The maximum atomic E-state index is 4.81. The summed E-state index contributed by atoms with van der Waals surface area (Å²) in [4.78, 5) is 4.81. The quantitative estimate of drug-likeness (QED) is 0.875. The number of nitrogens with zero attached hydrogens (tertiary/aromatic N) is 1. The Morgan fingerprint density at radius 3 is 2.60 bits per heavy atom. The standard InChI is InChI=1S/C17H28N2S/c1-17(2,3)16-19-15(12-20-16)10-14(11-18-4)13-8-6-5-7-9-13/h10,12-13,18H,5-9,11H2,1-4H3. The van der Waals surface area contributed by atoms with E-state index in [-0.39, 0.29) is 5.41 Å². The first-order chi connectivity index (χ1) is 9.50. The summed E-state index contributed by atoms with van der Waals surface area (Å²) in [5.74, 6) is 0.760. The van der Waals surface area contributed by atoms with Crippen LogP contribution in [-0.4, -0.2) is 18.6 Å². The predicted octanol–water partition coefficient (Wildman–Crippen LogP) is 4.62. The van der Waals surface area contributed by atoms with E-state index in [1.807, 2.05) is 7.05 Å². The molecular weight excluding hydrogens is 264 g/mol. The number of nitrogens with one attached hydrogen (secondary N) is 1. The second kappa shape index (κ2) is 6.86. The lowest BCUT2D eigenvalue weighted by atomic mass is 9.83. The Bertz CT molecular complexity index is 448. The minimum Gasteiger partial charge on any atom is -0.316 e. The summed E-state index contributed by atoms with van der Waals surface area (Å²) in [6.07, 6.45) is 9.21. The van der Waals surface area contributed by atoms with E-state index < -0.39 is 0 Å². The van der Waals surface area contributed by atoms with Crippen LogP contribution in [0.25, 0.3) is 6.08 Å². The van der Waals surface area contributed by atoms with Crippen molar-refractivity contribution in [3.8, 4) is 0 Å². The van der Waals surface area contributed by atoms with Crippen molar-refractivity contribution in [1.82, 2.24) is 10.3 Å². The summed E-state index contributed by atoms with van der Waals surface area (Å²) in [7, 11) is 2.04. The third kappa shape index (κ3) is 4.16. The van der Waals surface area contributed by atoms with Crippen LogP contribution in [0.2, 0.25) is 0 Å². The molecule has 1 fully saturated rings. The highest BCUT2D eigenvalue weighted by Gasteiger charge is 2.20. The van der Waals surface area contributed by atoms with E-state index in [0.29, 0.717) is 0 Å². The minimum absolute atomic E-state index is 0.158. The van der Waals surface area contributed by atoms with Crippen molar-refractivity contribution in [3.05, 3.63) is 21.7 Å². The van der Waals surface area contributed by atoms with Gasteiger partial charge in [-0.3, -0.25) is 0 Å².